The van der Waals surface area contributed by atoms with Crippen LogP contribution < -0.4 is 0 Å². The van der Waals surface area contributed by atoms with Crippen molar-refractivity contribution in [2.45, 2.75) is 24.7 Å². The predicted octanol–water partition coefficient (Wildman–Crippen LogP) is 4.27. The van der Waals surface area contributed by atoms with Gasteiger partial charge in [0.15, 0.2) is 0 Å². The molecule has 2 aromatic rings. The van der Waals surface area contributed by atoms with E-state index in [0.717, 1.165) is 24.0 Å². The summed E-state index contributed by atoms with van der Waals surface area (Å²) >= 11 is 5.87. The molecule has 140 valence electrons. The number of hydrogen-bond donors (Lipinski definition) is 0. The quantitative estimate of drug-likeness (QED) is 0.736. The molecular weight excluding hydrogens is 370 g/mol. The molecule has 4 nitrogen and oxygen atoms in total. The van der Waals surface area contributed by atoms with Crippen LogP contribution in [-0.2, 0) is 20.5 Å². The van der Waals surface area contributed by atoms with Gasteiger partial charge in [-0.1, -0.05) is 54.1 Å². The van der Waals surface area contributed by atoms with E-state index >= 15 is 0 Å². The standard InChI is InChI=1S/C20H24ClNO3S/c1-25-20(17-5-3-2-4-6-17)18-11-13-22(14-12-18)26(23,24)15-16-7-9-19(21)10-8-16/h2-10,18,20H,11-15H2,1H3. The van der Waals surface area contributed by atoms with E-state index in [9.17, 15) is 8.42 Å². The zero-order valence-electron chi connectivity index (χ0n) is 14.8. The highest BCUT2D eigenvalue weighted by atomic mass is 35.5. The van der Waals surface area contributed by atoms with E-state index in [1.807, 2.05) is 18.2 Å². The monoisotopic (exact) mass is 393 g/mol. The lowest BCUT2D eigenvalue weighted by Gasteiger charge is -2.35. The van der Waals surface area contributed by atoms with Crippen molar-refractivity contribution in [1.82, 2.24) is 4.31 Å². The molecule has 0 saturated carbocycles. The minimum absolute atomic E-state index is 0.0114. The summed E-state index contributed by atoms with van der Waals surface area (Å²) < 4.78 is 32.8. The topological polar surface area (TPSA) is 46.6 Å². The highest BCUT2D eigenvalue weighted by molar-refractivity contribution is 7.88. The van der Waals surface area contributed by atoms with Crippen molar-refractivity contribution in [3.8, 4) is 0 Å². The molecule has 2 aromatic carbocycles. The van der Waals surface area contributed by atoms with Gasteiger partial charge in [0.1, 0.15) is 0 Å². The fraction of sp³-hybridized carbons (Fsp3) is 0.400. The molecule has 0 aromatic heterocycles. The number of hydrogen-bond acceptors (Lipinski definition) is 3. The van der Waals surface area contributed by atoms with Crippen LogP contribution in [0, 0.1) is 5.92 Å². The van der Waals surface area contributed by atoms with E-state index in [2.05, 4.69) is 12.1 Å². The van der Waals surface area contributed by atoms with Gasteiger partial charge in [-0.15, -0.1) is 0 Å². The molecule has 0 amide bonds. The Bertz CT molecular complexity index is 801. The van der Waals surface area contributed by atoms with Gasteiger partial charge in [0.25, 0.3) is 0 Å². The highest BCUT2D eigenvalue weighted by Crippen LogP contribution is 2.34. The molecule has 1 atom stereocenters. The zero-order chi connectivity index (χ0) is 18.6. The Balaban J connectivity index is 1.62. The van der Waals surface area contributed by atoms with Crippen molar-refractivity contribution in [3.63, 3.8) is 0 Å². The Labute approximate surface area is 160 Å². The van der Waals surface area contributed by atoms with Gasteiger partial charge >= 0.3 is 0 Å². The van der Waals surface area contributed by atoms with E-state index in [0.29, 0.717) is 24.0 Å². The number of sulfonamides is 1. The smallest absolute Gasteiger partial charge is 0.218 e. The summed E-state index contributed by atoms with van der Waals surface area (Å²) in [6.45, 7) is 1.07. The number of rotatable bonds is 6. The van der Waals surface area contributed by atoms with Gasteiger partial charge in [0, 0.05) is 25.2 Å². The average Bonchev–Trinajstić information content (AvgIpc) is 2.65. The first-order valence-corrected chi connectivity index (χ1v) is 10.8. The molecule has 0 spiro atoms. The van der Waals surface area contributed by atoms with Crippen LogP contribution in [0.1, 0.15) is 30.1 Å². The third kappa shape index (κ3) is 4.65. The molecule has 1 aliphatic heterocycles. The Morgan fingerprint density at radius 1 is 1.08 bits per heavy atom. The first kappa shape index (κ1) is 19.4. The van der Waals surface area contributed by atoms with E-state index in [1.165, 1.54) is 0 Å². The molecule has 0 bridgehead atoms. The molecule has 0 aliphatic carbocycles. The Kier molecular flexibility index (Phi) is 6.35. The lowest BCUT2D eigenvalue weighted by molar-refractivity contribution is 0.0303. The highest BCUT2D eigenvalue weighted by Gasteiger charge is 2.32. The first-order valence-electron chi connectivity index (χ1n) is 8.79. The maximum atomic E-state index is 12.7. The summed E-state index contributed by atoms with van der Waals surface area (Å²) in [5.41, 5.74) is 1.91. The van der Waals surface area contributed by atoms with Crippen molar-refractivity contribution in [2.75, 3.05) is 20.2 Å². The zero-order valence-corrected chi connectivity index (χ0v) is 16.4. The van der Waals surface area contributed by atoms with Gasteiger partial charge in [-0.2, -0.15) is 0 Å². The van der Waals surface area contributed by atoms with E-state index < -0.39 is 10.0 Å². The number of nitrogens with zero attached hydrogens (tertiary/aromatic N) is 1. The van der Waals surface area contributed by atoms with Crippen LogP contribution in [0.2, 0.25) is 5.02 Å². The van der Waals surface area contributed by atoms with Crippen LogP contribution in [0.15, 0.2) is 54.6 Å². The van der Waals surface area contributed by atoms with Gasteiger partial charge in [-0.25, -0.2) is 12.7 Å². The van der Waals surface area contributed by atoms with Gasteiger partial charge in [-0.05, 0) is 42.0 Å². The number of piperidine rings is 1. The molecule has 0 N–H and O–H groups in total. The van der Waals surface area contributed by atoms with Crippen molar-refractivity contribution in [2.24, 2.45) is 5.92 Å². The molecule has 1 aliphatic rings. The molecular formula is C20H24ClNO3S. The van der Waals surface area contributed by atoms with Gasteiger partial charge in [-0.3, -0.25) is 0 Å². The second-order valence-corrected chi connectivity index (χ2v) is 9.09. The molecule has 3 rings (SSSR count). The summed E-state index contributed by atoms with van der Waals surface area (Å²) in [5, 5.41) is 0.610. The lowest BCUT2D eigenvalue weighted by atomic mass is 9.88. The molecule has 1 unspecified atom stereocenters. The maximum absolute atomic E-state index is 12.7. The van der Waals surface area contributed by atoms with Crippen LogP contribution in [0.3, 0.4) is 0 Å². The van der Waals surface area contributed by atoms with Gasteiger partial charge in [0.05, 0.1) is 11.9 Å². The Morgan fingerprint density at radius 3 is 2.27 bits per heavy atom. The van der Waals surface area contributed by atoms with Crippen LogP contribution in [0.25, 0.3) is 0 Å². The first-order chi connectivity index (χ1) is 12.5. The fourth-order valence-corrected chi connectivity index (χ4v) is 5.27. The lowest BCUT2D eigenvalue weighted by Crippen LogP contribution is -2.40. The molecule has 0 radical (unpaired) electrons. The van der Waals surface area contributed by atoms with Crippen LogP contribution in [0.5, 0.6) is 0 Å². The van der Waals surface area contributed by atoms with Crippen molar-refractivity contribution in [1.29, 1.82) is 0 Å². The van der Waals surface area contributed by atoms with Gasteiger partial charge < -0.3 is 4.74 Å². The van der Waals surface area contributed by atoms with E-state index in [-0.39, 0.29) is 11.9 Å². The fourth-order valence-electron chi connectivity index (χ4n) is 3.58. The molecule has 1 saturated heterocycles. The minimum atomic E-state index is -3.32. The summed E-state index contributed by atoms with van der Waals surface area (Å²) in [7, 11) is -1.60. The largest absolute Gasteiger partial charge is 0.376 e. The molecule has 26 heavy (non-hydrogen) atoms. The SMILES string of the molecule is COC(c1ccccc1)C1CCN(S(=O)(=O)Cc2ccc(Cl)cc2)CC1. The van der Waals surface area contributed by atoms with Crippen LogP contribution >= 0.6 is 11.6 Å². The molecule has 1 fully saturated rings. The summed E-state index contributed by atoms with van der Waals surface area (Å²) in [5.74, 6) is 0.339. The summed E-state index contributed by atoms with van der Waals surface area (Å²) in [6.07, 6.45) is 1.61. The third-order valence-corrected chi connectivity index (χ3v) is 7.07. The second-order valence-electron chi connectivity index (χ2n) is 6.69. The summed E-state index contributed by atoms with van der Waals surface area (Å²) in [4.78, 5) is 0. The van der Waals surface area contributed by atoms with E-state index in [4.69, 9.17) is 16.3 Å². The van der Waals surface area contributed by atoms with Crippen LogP contribution in [-0.4, -0.2) is 32.9 Å². The Hall–Kier alpha value is -1.40. The van der Waals surface area contributed by atoms with Crippen molar-refractivity contribution in [3.05, 3.63) is 70.7 Å². The maximum Gasteiger partial charge on any atom is 0.218 e. The number of ether oxygens (including phenoxy) is 1. The number of methoxy groups -OCH3 is 1. The Morgan fingerprint density at radius 2 is 1.69 bits per heavy atom. The number of benzene rings is 2. The van der Waals surface area contributed by atoms with Gasteiger partial charge in [0.2, 0.25) is 10.0 Å². The van der Waals surface area contributed by atoms with Crippen molar-refractivity contribution >= 4 is 21.6 Å². The predicted molar refractivity (Wildman–Crippen MR) is 105 cm³/mol. The second kappa shape index (κ2) is 8.53. The number of halogens is 1. The molecule has 6 heteroatoms. The third-order valence-electron chi connectivity index (χ3n) is 4.96. The summed E-state index contributed by atoms with van der Waals surface area (Å²) in [6, 6.07) is 17.1. The average molecular weight is 394 g/mol. The van der Waals surface area contributed by atoms with Crippen LogP contribution in [0.4, 0.5) is 0 Å². The minimum Gasteiger partial charge on any atom is -0.376 e. The molecule has 1 heterocycles. The normalized spacial score (nSPS) is 17.9. The van der Waals surface area contributed by atoms with Crippen molar-refractivity contribution < 1.29 is 13.2 Å². The van der Waals surface area contributed by atoms with E-state index in [1.54, 1.807) is 35.7 Å².